The summed E-state index contributed by atoms with van der Waals surface area (Å²) in [6.45, 7) is 0. The third kappa shape index (κ3) is 3.00. The van der Waals surface area contributed by atoms with Gasteiger partial charge in [0.2, 0.25) is 0 Å². The molecular formula is C24H15O6P. The molecule has 6 heterocycles. The first kappa shape index (κ1) is 17.9. The Morgan fingerprint density at radius 2 is 0.742 bits per heavy atom. The molecule has 6 nitrogen and oxygen atoms in total. The summed E-state index contributed by atoms with van der Waals surface area (Å²) < 4.78 is 34.5. The zero-order valence-corrected chi connectivity index (χ0v) is 17.0. The molecule has 7 heteroatoms. The van der Waals surface area contributed by atoms with Crippen molar-refractivity contribution in [3.05, 3.63) is 92.2 Å². The summed E-state index contributed by atoms with van der Waals surface area (Å²) >= 11 is 0. The lowest BCUT2D eigenvalue weighted by molar-refractivity contribution is 0.525. The molecule has 6 aromatic rings. The van der Waals surface area contributed by atoms with Crippen molar-refractivity contribution in [3.8, 4) is 34.6 Å². The fraction of sp³-hybridized carbons (Fsp3) is 0. The van der Waals surface area contributed by atoms with E-state index in [0.29, 0.717) is 34.6 Å². The van der Waals surface area contributed by atoms with Crippen LogP contribution in [0.5, 0.6) is 0 Å². The van der Waals surface area contributed by atoms with E-state index in [2.05, 4.69) is 0 Å². The van der Waals surface area contributed by atoms with Crippen molar-refractivity contribution in [2.75, 3.05) is 0 Å². The number of furan rings is 6. The maximum atomic E-state index is 5.86. The third-order valence-electron chi connectivity index (χ3n) is 4.89. The number of hydrogen-bond donors (Lipinski definition) is 0. The van der Waals surface area contributed by atoms with Crippen molar-refractivity contribution in [2.24, 2.45) is 0 Å². The van der Waals surface area contributed by atoms with Crippen molar-refractivity contribution in [1.29, 1.82) is 0 Å². The highest BCUT2D eigenvalue weighted by Crippen LogP contribution is 2.44. The van der Waals surface area contributed by atoms with E-state index in [4.69, 9.17) is 26.5 Å². The minimum absolute atomic E-state index is 0.651. The second-order valence-electron chi connectivity index (χ2n) is 6.67. The van der Waals surface area contributed by atoms with Crippen LogP contribution >= 0.6 is 7.92 Å². The van der Waals surface area contributed by atoms with Gasteiger partial charge in [0, 0.05) is 15.9 Å². The lowest BCUT2D eigenvalue weighted by atomic mass is 10.3. The van der Waals surface area contributed by atoms with E-state index in [1.54, 1.807) is 37.6 Å². The van der Waals surface area contributed by atoms with Crippen LogP contribution in [0.25, 0.3) is 34.6 Å². The minimum atomic E-state index is -1.17. The fourth-order valence-electron chi connectivity index (χ4n) is 3.60. The first-order valence-electron chi connectivity index (χ1n) is 9.54. The standard InChI is InChI=1S/C24H15O6P/c1-4-16(25-10-1)22-19(7-13-28-22)31(20-8-14-29-23(20)17-5-2-11-26-17)21-9-15-30-24(21)18-6-3-12-27-18/h1-15H. The molecule has 0 amide bonds. The van der Waals surface area contributed by atoms with E-state index in [1.807, 2.05) is 54.6 Å². The van der Waals surface area contributed by atoms with Gasteiger partial charge in [0.05, 0.1) is 37.6 Å². The number of hydrogen-bond acceptors (Lipinski definition) is 6. The molecule has 6 rings (SSSR count). The van der Waals surface area contributed by atoms with E-state index >= 15 is 0 Å². The topological polar surface area (TPSA) is 78.8 Å². The van der Waals surface area contributed by atoms with Crippen LogP contribution in [0.4, 0.5) is 0 Å². The maximum absolute atomic E-state index is 5.86. The first-order valence-corrected chi connectivity index (χ1v) is 10.9. The van der Waals surface area contributed by atoms with Gasteiger partial charge in [-0.05, 0) is 62.5 Å². The molecule has 0 fully saturated rings. The molecule has 0 atom stereocenters. The van der Waals surface area contributed by atoms with Gasteiger partial charge in [-0.25, -0.2) is 0 Å². The summed E-state index contributed by atoms with van der Waals surface area (Å²) in [5.74, 6) is 3.94. The summed E-state index contributed by atoms with van der Waals surface area (Å²) in [6.07, 6.45) is 9.89. The lowest BCUT2D eigenvalue weighted by Crippen LogP contribution is -2.21. The van der Waals surface area contributed by atoms with Gasteiger partial charge in [0.25, 0.3) is 0 Å². The molecule has 0 saturated carbocycles. The Morgan fingerprint density at radius 3 is 1.03 bits per heavy atom. The molecular weight excluding hydrogens is 415 g/mol. The Bertz CT molecular complexity index is 1210. The molecule has 6 aromatic heterocycles. The molecule has 31 heavy (non-hydrogen) atoms. The van der Waals surface area contributed by atoms with Gasteiger partial charge in [-0.1, -0.05) is 0 Å². The van der Waals surface area contributed by atoms with Crippen molar-refractivity contribution in [3.63, 3.8) is 0 Å². The fourth-order valence-corrected chi connectivity index (χ4v) is 6.11. The molecule has 0 aliphatic rings. The summed E-state index contributed by atoms with van der Waals surface area (Å²) in [5, 5.41) is 2.90. The first-order chi connectivity index (χ1) is 15.4. The zero-order chi connectivity index (χ0) is 20.6. The van der Waals surface area contributed by atoms with Crippen LogP contribution in [0.3, 0.4) is 0 Å². The van der Waals surface area contributed by atoms with Crippen LogP contribution in [0.2, 0.25) is 0 Å². The van der Waals surface area contributed by atoms with E-state index in [-0.39, 0.29) is 0 Å². The van der Waals surface area contributed by atoms with Crippen molar-refractivity contribution >= 4 is 23.8 Å². The SMILES string of the molecule is c1coc(-c2occc2P(c2ccoc2-c2ccco2)c2ccoc2-c2ccco2)c1. The normalized spacial score (nSPS) is 11.5. The highest BCUT2D eigenvalue weighted by molar-refractivity contribution is 7.80. The zero-order valence-electron chi connectivity index (χ0n) is 16.1. The van der Waals surface area contributed by atoms with Gasteiger partial charge in [-0.3, -0.25) is 0 Å². The highest BCUT2D eigenvalue weighted by atomic mass is 31.1. The summed E-state index contributed by atoms with van der Waals surface area (Å²) in [7, 11) is -1.17. The second-order valence-corrected chi connectivity index (χ2v) is 8.79. The van der Waals surface area contributed by atoms with Crippen LogP contribution in [0.15, 0.2) is 119 Å². The molecule has 0 unspecified atom stereocenters. The van der Waals surface area contributed by atoms with E-state index in [1.165, 1.54) is 0 Å². The molecule has 0 spiro atoms. The van der Waals surface area contributed by atoms with Gasteiger partial charge in [0.1, 0.15) is 0 Å². The minimum Gasteiger partial charge on any atom is -0.461 e. The number of rotatable bonds is 6. The van der Waals surface area contributed by atoms with Crippen LogP contribution in [-0.2, 0) is 0 Å². The Kier molecular flexibility index (Phi) is 4.29. The summed E-state index contributed by atoms with van der Waals surface area (Å²) in [5.41, 5.74) is 0. The third-order valence-corrected chi connectivity index (χ3v) is 7.39. The quantitative estimate of drug-likeness (QED) is 0.302. The Morgan fingerprint density at radius 1 is 0.387 bits per heavy atom. The van der Waals surface area contributed by atoms with Gasteiger partial charge in [0.15, 0.2) is 34.6 Å². The van der Waals surface area contributed by atoms with Crippen LogP contribution < -0.4 is 15.9 Å². The summed E-state index contributed by atoms with van der Waals surface area (Å²) in [6, 6.07) is 17.0. The Balaban J connectivity index is 1.59. The molecule has 0 N–H and O–H groups in total. The Hall–Kier alpha value is -3.89. The van der Waals surface area contributed by atoms with Crippen LogP contribution in [-0.4, -0.2) is 0 Å². The van der Waals surface area contributed by atoms with Gasteiger partial charge in [-0.15, -0.1) is 0 Å². The lowest BCUT2D eigenvalue weighted by Gasteiger charge is -2.17. The Labute approximate surface area is 177 Å². The van der Waals surface area contributed by atoms with Crippen molar-refractivity contribution in [1.82, 2.24) is 0 Å². The van der Waals surface area contributed by atoms with Gasteiger partial charge in [-0.2, -0.15) is 0 Å². The maximum Gasteiger partial charge on any atom is 0.177 e. The van der Waals surface area contributed by atoms with E-state index < -0.39 is 7.92 Å². The molecule has 0 aliphatic carbocycles. The van der Waals surface area contributed by atoms with Crippen molar-refractivity contribution in [2.45, 2.75) is 0 Å². The van der Waals surface area contributed by atoms with Gasteiger partial charge < -0.3 is 26.5 Å². The smallest absolute Gasteiger partial charge is 0.177 e. The van der Waals surface area contributed by atoms with Crippen LogP contribution in [0, 0.1) is 0 Å². The summed E-state index contributed by atoms with van der Waals surface area (Å²) in [4.78, 5) is 0. The molecule has 152 valence electrons. The molecule has 0 aliphatic heterocycles. The predicted octanol–water partition coefficient (Wildman–Crippen LogP) is 6.00. The largest absolute Gasteiger partial charge is 0.461 e. The van der Waals surface area contributed by atoms with E-state index in [9.17, 15) is 0 Å². The molecule has 0 aromatic carbocycles. The van der Waals surface area contributed by atoms with Gasteiger partial charge >= 0.3 is 0 Å². The van der Waals surface area contributed by atoms with Crippen molar-refractivity contribution < 1.29 is 26.5 Å². The molecule has 0 bridgehead atoms. The second kappa shape index (κ2) is 7.42. The monoisotopic (exact) mass is 430 g/mol. The molecule has 0 radical (unpaired) electrons. The average Bonchev–Trinajstić information content (AvgIpc) is 3.62. The van der Waals surface area contributed by atoms with E-state index in [0.717, 1.165) is 15.9 Å². The molecule has 0 saturated heterocycles. The predicted molar refractivity (Wildman–Crippen MR) is 115 cm³/mol. The average molecular weight is 430 g/mol. The van der Waals surface area contributed by atoms with Crippen LogP contribution in [0.1, 0.15) is 0 Å². The highest BCUT2D eigenvalue weighted by Gasteiger charge is 2.32.